The molecule has 0 saturated heterocycles. The first-order valence-corrected chi connectivity index (χ1v) is 21.3. The predicted octanol–water partition coefficient (Wildman–Crippen LogP) is 13.8. The number of rotatable bonds is 13. The van der Waals surface area contributed by atoms with Gasteiger partial charge in [-0.15, -0.1) is 0 Å². The van der Waals surface area contributed by atoms with Crippen molar-refractivity contribution >= 4 is 29.2 Å². The van der Waals surface area contributed by atoms with Crippen LogP contribution in [0, 0.1) is 20.8 Å². The van der Waals surface area contributed by atoms with Gasteiger partial charge >= 0.3 is 12.1 Å². The van der Waals surface area contributed by atoms with Crippen molar-refractivity contribution in [3.05, 3.63) is 208 Å². The molecule has 7 aromatic rings. The fourth-order valence-electron chi connectivity index (χ4n) is 8.08. The van der Waals surface area contributed by atoms with Gasteiger partial charge in [-0.3, -0.25) is 4.79 Å². The third-order valence-electron chi connectivity index (χ3n) is 12.1. The number of hydrogen-bond donors (Lipinski definition) is 0. The quantitative estimate of drug-likeness (QED) is 0.0495. The van der Waals surface area contributed by atoms with Gasteiger partial charge in [0.25, 0.3) is 0 Å². The van der Waals surface area contributed by atoms with Crippen LogP contribution in [0.1, 0.15) is 84.7 Å². The molecular weight excluding hydrogens is 783 g/mol. The van der Waals surface area contributed by atoms with Crippen molar-refractivity contribution in [3.63, 3.8) is 0 Å². The highest BCUT2D eigenvalue weighted by Gasteiger charge is 2.32. The van der Waals surface area contributed by atoms with Crippen molar-refractivity contribution in [2.45, 2.75) is 72.6 Å². The van der Waals surface area contributed by atoms with E-state index >= 15 is 0 Å². The van der Waals surface area contributed by atoms with Crippen molar-refractivity contribution in [3.8, 4) is 23.0 Å². The summed E-state index contributed by atoms with van der Waals surface area (Å²) in [7, 11) is 1.67. The number of aryl methyl sites for hydroxylation is 4. The number of ether oxygens (including phenoxy) is 4. The summed E-state index contributed by atoms with van der Waals surface area (Å²) in [6.07, 6.45) is 0.152. The van der Waals surface area contributed by atoms with Gasteiger partial charge in [0.15, 0.2) is 0 Å². The average molecular weight is 838 g/mol. The van der Waals surface area contributed by atoms with E-state index in [0.717, 1.165) is 68.2 Å². The molecule has 7 rings (SSSR count). The molecule has 0 heterocycles. The molecule has 0 amide bonds. The lowest BCUT2D eigenvalue weighted by Crippen LogP contribution is -2.25. The maximum Gasteiger partial charge on any atom is 0.519 e. The Hall–Kier alpha value is -7.12. The Bertz CT molecular complexity index is 2700. The molecule has 7 nitrogen and oxygen atoms in total. The molecule has 0 aliphatic rings. The van der Waals surface area contributed by atoms with Gasteiger partial charge in [0, 0.05) is 34.8 Å². The molecule has 0 aliphatic heterocycles. The predicted molar refractivity (Wildman–Crippen MR) is 253 cm³/mol. The van der Waals surface area contributed by atoms with Crippen LogP contribution in [0.15, 0.2) is 158 Å². The highest BCUT2D eigenvalue weighted by Crippen LogP contribution is 2.43. The molecule has 7 heteroatoms. The summed E-state index contributed by atoms with van der Waals surface area (Å²) >= 11 is 0. The van der Waals surface area contributed by atoms with Gasteiger partial charge in [-0.05, 0) is 151 Å². The fourth-order valence-corrected chi connectivity index (χ4v) is 8.08. The second-order valence-corrected chi connectivity index (χ2v) is 16.7. The zero-order valence-electron chi connectivity index (χ0n) is 37.6. The minimum absolute atomic E-state index is 0.354. The standard InChI is InChI=1S/C56H55NO6/c1-10-41-13-25-48(26-14-41)57(47-23-11-37(2)12-24-47)49-27-15-42(16-28-49)56(8,43-17-29-50(60-9)30-18-43)44-19-31-51(32-20-44)62-54(59)63-53-34-22-46(36-39(53)4)55(6,7)45-21-33-52(38(3)35-45)61-40(5)58/h11-36H,10H2,1-9H3. The van der Waals surface area contributed by atoms with Crippen LogP contribution in [-0.2, 0) is 22.0 Å². The number of esters is 1. The van der Waals surface area contributed by atoms with Crippen LogP contribution in [0.25, 0.3) is 0 Å². The summed E-state index contributed by atoms with van der Waals surface area (Å²) in [6, 6.07) is 53.5. The summed E-state index contributed by atoms with van der Waals surface area (Å²) in [6.45, 7) is 16.0. The van der Waals surface area contributed by atoms with Crippen LogP contribution in [0.5, 0.6) is 23.0 Å². The van der Waals surface area contributed by atoms with E-state index in [1.54, 1.807) is 25.3 Å². The van der Waals surface area contributed by atoms with Crippen LogP contribution in [0.2, 0.25) is 0 Å². The molecule has 1 atom stereocenters. The Kier molecular flexibility index (Phi) is 12.9. The average Bonchev–Trinajstić information content (AvgIpc) is 3.28. The maximum absolute atomic E-state index is 13.2. The molecule has 0 spiro atoms. The molecule has 63 heavy (non-hydrogen) atoms. The van der Waals surface area contributed by atoms with Gasteiger partial charge in [-0.2, -0.15) is 0 Å². The second-order valence-electron chi connectivity index (χ2n) is 16.7. The van der Waals surface area contributed by atoms with Crippen LogP contribution in [0.4, 0.5) is 21.9 Å². The van der Waals surface area contributed by atoms with E-state index < -0.39 is 11.6 Å². The van der Waals surface area contributed by atoms with E-state index in [0.29, 0.717) is 17.2 Å². The van der Waals surface area contributed by atoms with Crippen molar-refractivity contribution in [2.24, 2.45) is 0 Å². The number of nitrogens with zero attached hydrogens (tertiary/aromatic N) is 1. The Morgan fingerprint density at radius 2 is 0.921 bits per heavy atom. The molecule has 0 aliphatic carbocycles. The van der Waals surface area contributed by atoms with Crippen LogP contribution < -0.4 is 23.8 Å². The van der Waals surface area contributed by atoms with Crippen LogP contribution >= 0.6 is 0 Å². The Balaban J connectivity index is 1.12. The van der Waals surface area contributed by atoms with Crippen molar-refractivity contribution < 1.29 is 28.5 Å². The van der Waals surface area contributed by atoms with E-state index in [1.165, 1.54) is 18.1 Å². The van der Waals surface area contributed by atoms with E-state index in [2.05, 4.69) is 124 Å². The lowest BCUT2D eigenvalue weighted by Gasteiger charge is -2.33. The van der Waals surface area contributed by atoms with Gasteiger partial charge in [0.05, 0.1) is 7.11 Å². The number of anilines is 3. The molecule has 0 N–H and O–H groups in total. The van der Waals surface area contributed by atoms with Gasteiger partial charge in [0.1, 0.15) is 23.0 Å². The molecule has 0 aromatic heterocycles. The normalized spacial score (nSPS) is 12.2. The molecule has 320 valence electrons. The van der Waals surface area contributed by atoms with E-state index in [4.69, 9.17) is 18.9 Å². The van der Waals surface area contributed by atoms with Crippen LogP contribution in [-0.4, -0.2) is 19.2 Å². The minimum Gasteiger partial charge on any atom is -0.497 e. The van der Waals surface area contributed by atoms with E-state index in [1.807, 2.05) is 68.4 Å². The summed E-state index contributed by atoms with van der Waals surface area (Å²) in [4.78, 5) is 27.0. The SMILES string of the molecule is CCc1ccc(N(c2ccc(C)cc2)c2ccc(C(C)(c3ccc(OC)cc3)c3ccc(OC(=O)Oc4ccc(C(C)(C)c5ccc(OC(C)=O)c(C)c5)cc4C)cc3)cc2)cc1. The van der Waals surface area contributed by atoms with E-state index in [-0.39, 0.29) is 11.4 Å². The monoisotopic (exact) mass is 837 g/mol. The maximum atomic E-state index is 13.2. The van der Waals surface area contributed by atoms with Gasteiger partial charge in [-0.1, -0.05) is 111 Å². The molecule has 0 bridgehead atoms. The minimum atomic E-state index is -0.828. The number of benzene rings is 7. The second kappa shape index (κ2) is 18.5. The number of methoxy groups -OCH3 is 1. The molecule has 7 aromatic carbocycles. The molecule has 0 radical (unpaired) electrons. The number of carbonyl (C=O) groups is 2. The van der Waals surface area contributed by atoms with Gasteiger partial charge < -0.3 is 23.8 Å². The molecule has 1 unspecified atom stereocenters. The smallest absolute Gasteiger partial charge is 0.497 e. The Morgan fingerprint density at radius 1 is 0.508 bits per heavy atom. The fraction of sp³-hybridized carbons (Fsp3) is 0.214. The van der Waals surface area contributed by atoms with E-state index in [9.17, 15) is 9.59 Å². The zero-order valence-corrected chi connectivity index (χ0v) is 37.6. The highest BCUT2D eigenvalue weighted by atomic mass is 16.7. The Labute approximate surface area is 371 Å². The molecule has 0 fully saturated rings. The van der Waals surface area contributed by atoms with Crippen molar-refractivity contribution in [2.75, 3.05) is 12.0 Å². The largest absolute Gasteiger partial charge is 0.519 e. The first-order valence-electron chi connectivity index (χ1n) is 21.3. The number of carbonyl (C=O) groups excluding carboxylic acids is 2. The summed E-state index contributed by atoms with van der Waals surface area (Å²) in [5.41, 5.74) is 11.7. The Morgan fingerprint density at radius 3 is 1.37 bits per heavy atom. The van der Waals surface area contributed by atoms with Crippen molar-refractivity contribution in [1.82, 2.24) is 0 Å². The van der Waals surface area contributed by atoms with Crippen molar-refractivity contribution in [1.29, 1.82) is 0 Å². The zero-order chi connectivity index (χ0) is 44.9. The summed E-state index contributed by atoms with van der Waals surface area (Å²) in [5.74, 6) is 1.74. The van der Waals surface area contributed by atoms with Gasteiger partial charge in [-0.25, -0.2) is 4.79 Å². The number of hydrogen-bond acceptors (Lipinski definition) is 7. The lowest BCUT2D eigenvalue weighted by atomic mass is 9.71. The topological polar surface area (TPSA) is 74.3 Å². The molecular formula is C56H55NO6. The third-order valence-corrected chi connectivity index (χ3v) is 12.1. The highest BCUT2D eigenvalue weighted by molar-refractivity contribution is 5.77. The lowest BCUT2D eigenvalue weighted by molar-refractivity contribution is -0.131. The van der Waals surface area contributed by atoms with Crippen LogP contribution in [0.3, 0.4) is 0 Å². The summed E-state index contributed by atoms with van der Waals surface area (Å²) in [5, 5.41) is 0. The first-order chi connectivity index (χ1) is 30.2. The third kappa shape index (κ3) is 9.53. The first kappa shape index (κ1) is 44.0. The molecule has 0 saturated carbocycles. The van der Waals surface area contributed by atoms with Gasteiger partial charge in [0.2, 0.25) is 0 Å². The summed E-state index contributed by atoms with van der Waals surface area (Å²) < 4.78 is 22.3.